The minimum atomic E-state index is 0.267. The molecule has 0 amide bonds. The Morgan fingerprint density at radius 2 is 2.36 bits per heavy atom. The molecule has 2 aromatic heterocycles. The number of anilines is 1. The number of aromatic amines is 1. The van der Waals surface area contributed by atoms with Crippen LogP contribution in [0, 0.1) is 0 Å². The van der Waals surface area contributed by atoms with E-state index in [1.54, 1.807) is 6.07 Å². The molecule has 0 atom stereocenters. The third-order valence-electron chi connectivity index (χ3n) is 1.21. The Morgan fingerprint density at radius 3 is 2.91 bits per heavy atom. The van der Waals surface area contributed by atoms with Crippen LogP contribution in [0.2, 0.25) is 0 Å². The van der Waals surface area contributed by atoms with E-state index in [4.69, 9.17) is 5.73 Å². The molecule has 2 rings (SSSR count). The van der Waals surface area contributed by atoms with Crippen LogP contribution in [-0.4, -0.2) is 20.6 Å². The summed E-state index contributed by atoms with van der Waals surface area (Å²) in [6.45, 7) is 0. The number of rotatable bonds is 1. The smallest absolute Gasteiger partial charge is 0.222 e. The molecule has 0 bridgehead atoms. The molecule has 0 fully saturated rings. The van der Waals surface area contributed by atoms with Crippen LogP contribution in [0.1, 0.15) is 0 Å². The largest absolute Gasteiger partial charge is 0.368 e. The van der Waals surface area contributed by atoms with Gasteiger partial charge in [-0.25, -0.2) is 0 Å². The minimum absolute atomic E-state index is 0.267. The molecular weight excluding hydrogens is 146 g/mol. The second kappa shape index (κ2) is 2.08. The van der Waals surface area contributed by atoms with Crippen molar-refractivity contribution in [2.24, 2.45) is 0 Å². The van der Waals surface area contributed by atoms with Gasteiger partial charge in [-0.05, 0) is 0 Å². The Bertz CT molecular complexity index is 337. The van der Waals surface area contributed by atoms with Crippen LogP contribution in [-0.2, 0) is 0 Å². The summed E-state index contributed by atoms with van der Waals surface area (Å²) in [6.07, 6.45) is 1.54. The number of hydrogen-bond donors (Lipinski definition) is 2. The summed E-state index contributed by atoms with van der Waals surface area (Å²) in [5.74, 6) is 0.267. The highest BCUT2D eigenvalue weighted by atomic mass is 16.5. The summed E-state index contributed by atoms with van der Waals surface area (Å²) in [5.41, 5.74) is 6.49. The second-order valence-electron chi connectivity index (χ2n) is 1.97. The van der Waals surface area contributed by atoms with E-state index < -0.39 is 0 Å². The number of nitrogens with two attached hydrogens (primary N) is 1. The highest BCUT2D eigenvalue weighted by molar-refractivity contribution is 5.54. The van der Waals surface area contributed by atoms with Crippen molar-refractivity contribution in [2.45, 2.75) is 0 Å². The number of nitrogens with one attached hydrogen (secondary N) is 1. The summed E-state index contributed by atoms with van der Waals surface area (Å²) in [5, 5.41) is 13.5. The van der Waals surface area contributed by atoms with Crippen molar-refractivity contribution in [2.75, 3.05) is 5.73 Å². The fraction of sp³-hybridized carbons (Fsp3) is 0. The summed E-state index contributed by atoms with van der Waals surface area (Å²) in [7, 11) is 0. The zero-order chi connectivity index (χ0) is 7.68. The van der Waals surface area contributed by atoms with Gasteiger partial charge >= 0.3 is 0 Å². The number of H-pyrrole nitrogens is 1. The van der Waals surface area contributed by atoms with Gasteiger partial charge in [0, 0.05) is 6.07 Å². The topological polar surface area (TPSA) is 93.6 Å². The minimum Gasteiger partial charge on any atom is -0.368 e. The van der Waals surface area contributed by atoms with E-state index >= 15 is 0 Å². The van der Waals surface area contributed by atoms with Gasteiger partial charge in [-0.2, -0.15) is 15.4 Å². The molecule has 0 aromatic carbocycles. The number of nitrogens with zero attached hydrogens (tertiary/aromatic N) is 3. The lowest BCUT2D eigenvalue weighted by Crippen LogP contribution is -1.77. The SMILES string of the molecule is Nc1cc(-c2cn[nH]n2)no1. The summed E-state index contributed by atoms with van der Waals surface area (Å²) < 4.78 is 4.63. The van der Waals surface area contributed by atoms with Crippen molar-refractivity contribution in [3.63, 3.8) is 0 Å². The first-order chi connectivity index (χ1) is 5.36. The first kappa shape index (κ1) is 5.90. The number of nitrogen functional groups attached to an aromatic ring is 1. The van der Waals surface area contributed by atoms with Crippen molar-refractivity contribution in [3.05, 3.63) is 12.3 Å². The predicted octanol–water partition coefficient (Wildman–Crippen LogP) is 0.0419. The fourth-order valence-corrected chi connectivity index (χ4v) is 0.735. The Balaban J connectivity index is 2.45. The van der Waals surface area contributed by atoms with Gasteiger partial charge in [0.15, 0.2) is 0 Å². The number of hydrogen-bond acceptors (Lipinski definition) is 5. The van der Waals surface area contributed by atoms with Crippen molar-refractivity contribution < 1.29 is 4.52 Å². The van der Waals surface area contributed by atoms with Crippen LogP contribution in [0.25, 0.3) is 11.4 Å². The fourth-order valence-electron chi connectivity index (χ4n) is 0.735. The zero-order valence-electron chi connectivity index (χ0n) is 5.48. The Hall–Kier alpha value is -1.85. The lowest BCUT2D eigenvalue weighted by Gasteiger charge is -1.78. The van der Waals surface area contributed by atoms with E-state index in [-0.39, 0.29) is 5.88 Å². The summed E-state index contributed by atoms with van der Waals surface area (Å²) in [4.78, 5) is 0. The molecule has 2 heterocycles. The molecule has 6 heteroatoms. The lowest BCUT2D eigenvalue weighted by molar-refractivity contribution is 0.439. The van der Waals surface area contributed by atoms with Gasteiger partial charge < -0.3 is 10.3 Å². The number of aromatic nitrogens is 4. The average Bonchev–Trinajstić information content (AvgIpc) is 2.55. The van der Waals surface area contributed by atoms with Gasteiger partial charge in [0.1, 0.15) is 11.4 Å². The van der Waals surface area contributed by atoms with Crippen LogP contribution in [0.15, 0.2) is 16.8 Å². The van der Waals surface area contributed by atoms with Crippen LogP contribution in [0.3, 0.4) is 0 Å². The maximum Gasteiger partial charge on any atom is 0.222 e. The summed E-state index contributed by atoms with van der Waals surface area (Å²) >= 11 is 0. The molecule has 3 N–H and O–H groups in total. The van der Waals surface area contributed by atoms with E-state index in [0.717, 1.165) is 0 Å². The van der Waals surface area contributed by atoms with Crippen molar-refractivity contribution in [3.8, 4) is 11.4 Å². The molecule has 56 valence electrons. The van der Waals surface area contributed by atoms with Crippen molar-refractivity contribution >= 4 is 5.88 Å². The second-order valence-corrected chi connectivity index (χ2v) is 1.97. The third-order valence-corrected chi connectivity index (χ3v) is 1.21. The van der Waals surface area contributed by atoms with Crippen molar-refractivity contribution in [1.82, 2.24) is 20.6 Å². The molecule has 0 aliphatic rings. The van der Waals surface area contributed by atoms with E-state index in [1.807, 2.05) is 0 Å². The molecule has 0 spiro atoms. The molecule has 11 heavy (non-hydrogen) atoms. The molecule has 2 aromatic rings. The lowest BCUT2D eigenvalue weighted by atomic mass is 10.3. The molecule has 0 saturated carbocycles. The molecule has 0 aliphatic carbocycles. The van der Waals surface area contributed by atoms with Gasteiger partial charge in [0.2, 0.25) is 5.88 Å². The highest BCUT2D eigenvalue weighted by Crippen LogP contribution is 2.15. The Morgan fingerprint density at radius 1 is 1.45 bits per heavy atom. The van der Waals surface area contributed by atoms with Gasteiger partial charge in [-0.1, -0.05) is 5.16 Å². The van der Waals surface area contributed by atoms with Crippen molar-refractivity contribution in [1.29, 1.82) is 0 Å². The quantitative estimate of drug-likeness (QED) is 0.600. The molecule has 0 unspecified atom stereocenters. The zero-order valence-corrected chi connectivity index (χ0v) is 5.48. The third kappa shape index (κ3) is 0.936. The molecular formula is C5H5N5O. The first-order valence-corrected chi connectivity index (χ1v) is 2.94. The van der Waals surface area contributed by atoms with Crippen LogP contribution in [0.5, 0.6) is 0 Å². The monoisotopic (exact) mass is 151 g/mol. The molecule has 0 saturated heterocycles. The van der Waals surface area contributed by atoms with Crippen LogP contribution in [0.4, 0.5) is 5.88 Å². The van der Waals surface area contributed by atoms with Crippen LogP contribution < -0.4 is 5.73 Å². The standard InChI is InChI=1S/C5H5N5O/c6-5-1-3(9-11-5)4-2-7-10-8-4/h1-2H,6H2,(H,7,8,10). The van der Waals surface area contributed by atoms with Gasteiger partial charge in [-0.15, -0.1) is 0 Å². The molecule has 0 radical (unpaired) electrons. The van der Waals surface area contributed by atoms with Crippen LogP contribution >= 0.6 is 0 Å². The molecule has 0 aliphatic heterocycles. The maximum atomic E-state index is 5.30. The highest BCUT2D eigenvalue weighted by Gasteiger charge is 2.05. The van der Waals surface area contributed by atoms with E-state index in [9.17, 15) is 0 Å². The summed E-state index contributed by atoms with van der Waals surface area (Å²) in [6, 6.07) is 1.58. The van der Waals surface area contributed by atoms with E-state index in [2.05, 4.69) is 25.1 Å². The van der Waals surface area contributed by atoms with E-state index in [1.165, 1.54) is 6.20 Å². The average molecular weight is 151 g/mol. The first-order valence-electron chi connectivity index (χ1n) is 2.94. The van der Waals surface area contributed by atoms with Gasteiger partial charge in [0.25, 0.3) is 0 Å². The maximum absolute atomic E-state index is 5.30. The Kier molecular flexibility index (Phi) is 1.12. The molecule has 6 nitrogen and oxygen atoms in total. The Labute approximate surface area is 61.4 Å². The normalized spacial score (nSPS) is 10.2. The van der Waals surface area contributed by atoms with E-state index in [0.29, 0.717) is 11.4 Å². The van der Waals surface area contributed by atoms with Gasteiger partial charge in [0.05, 0.1) is 6.20 Å². The predicted molar refractivity (Wildman–Crippen MR) is 36.3 cm³/mol. The van der Waals surface area contributed by atoms with Gasteiger partial charge in [-0.3, -0.25) is 0 Å².